The van der Waals surface area contributed by atoms with Crippen molar-refractivity contribution in [3.05, 3.63) is 72.6 Å². The van der Waals surface area contributed by atoms with E-state index in [1.165, 1.54) is 0 Å². The van der Waals surface area contributed by atoms with Crippen LogP contribution in [0.3, 0.4) is 0 Å². The summed E-state index contributed by atoms with van der Waals surface area (Å²) >= 11 is 0. The highest BCUT2D eigenvalue weighted by Gasteiger charge is 2.10. The highest BCUT2D eigenvalue weighted by Crippen LogP contribution is 2.23. The third-order valence-corrected chi connectivity index (χ3v) is 3.68. The van der Waals surface area contributed by atoms with Gasteiger partial charge in [-0.15, -0.1) is 0 Å². The molecule has 0 aliphatic carbocycles. The van der Waals surface area contributed by atoms with Crippen molar-refractivity contribution in [2.45, 2.75) is 6.42 Å². The molecule has 1 aromatic heterocycles. The van der Waals surface area contributed by atoms with Gasteiger partial charge in [0.15, 0.2) is 0 Å². The second kappa shape index (κ2) is 7.00. The van der Waals surface area contributed by atoms with Crippen LogP contribution in [0, 0.1) is 0 Å². The minimum atomic E-state index is -0.0584. The van der Waals surface area contributed by atoms with Gasteiger partial charge in [0.25, 0.3) is 0 Å². The number of carbonyl (C=O) groups is 1. The van der Waals surface area contributed by atoms with E-state index in [-0.39, 0.29) is 12.3 Å². The Kier molecular flexibility index (Phi) is 4.61. The van der Waals surface area contributed by atoms with Crippen LogP contribution in [0.4, 0.5) is 11.4 Å². The molecule has 0 atom stereocenters. The fourth-order valence-electron chi connectivity index (χ4n) is 2.52. The average Bonchev–Trinajstić information content (AvgIpc) is 3.04. The SMILES string of the molecule is CN(C)c1ccccc1NC(=O)Cc1cnn(-c2ccccc2)c1. The van der Waals surface area contributed by atoms with E-state index in [2.05, 4.69) is 10.4 Å². The van der Waals surface area contributed by atoms with Gasteiger partial charge in [-0.1, -0.05) is 30.3 Å². The quantitative estimate of drug-likeness (QED) is 0.786. The molecular weight excluding hydrogens is 300 g/mol. The molecule has 0 saturated heterocycles. The number of hydrogen-bond donors (Lipinski definition) is 1. The zero-order valence-electron chi connectivity index (χ0n) is 13.8. The van der Waals surface area contributed by atoms with Crippen molar-refractivity contribution in [1.82, 2.24) is 9.78 Å². The maximum absolute atomic E-state index is 12.3. The van der Waals surface area contributed by atoms with Gasteiger partial charge in [0.05, 0.1) is 29.7 Å². The lowest BCUT2D eigenvalue weighted by molar-refractivity contribution is -0.115. The summed E-state index contributed by atoms with van der Waals surface area (Å²) in [5, 5.41) is 7.29. The summed E-state index contributed by atoms with van der Waals surface area (Å²) < 4.78 is 1.77. The molecule has 0 aliphatic rings. The molecule has 1 amide bonds. The van der Waals surface area contributed by atoms with Crippen LogP contribution in [0.15, 0.2) is 67.0 Å². The molecular formula is C19H20N4O. The fourth-order valence-corrected chi connectivity index (χ4v) is 2.52. The molecule has 5 nitrogen and oxygen atoms in total. The summed E-state index contributed by atoms with van der Waals surface area (Å²) in [5.41, 5.74) is 3.63. The van der Waals surface area contributed by atoms with Crippen LogP contribution in [-0.4, -0.2) is 29.8 Å². The monoisotopic (exact) mass is 320 g/mol. The number of para-hydroxylation sites is 3. The number of anilines is 2. The third kappa shape index (κ3) is 3.63. The average molecular weight is 320 g/mol. The first-order valence-electron chi connectivity index (χ1n) is 7.78. The lowest BCUT2D eigenvalue weighted by Gasteiger charge is -2.17. The Bertz CT molecular complexity index is 824. The number of carbonyl (C=O) groups excluding carboxylic acids is 1. The molecule has 122 valence electrons. The molecule has 2 aromatic carbocycles. The molecule has 0 aliphatic heterocycles. The van der Waals surface area contributed by atoms with Crippen molar-refractivity contribution < 1.29 is 4.79 Å². The van der Waals surface area contributed by atoms with E-state index in [9.17, 15) is 4.79 Å². The topological polar surface area (TPSA) is 50.2 Å². The van der Waals surface area contributed by atoms with Crippen molar-refractivity contribution in [3.63, 3.8) is 0 Å². The van der Waals surface area contributed by atoms with Crippen LogP contribution in [-0.2, 0) is 11.2 Å². The molecule has 24 heavy (non-hydrogen) atoms. The third-order valence-electron chi connectivity index (χ3n) is 3.68. The van der Waals surface area contributed by atoms with Gasteiger partial charge in [-0.3, -0.25) is 4.79 Å². The van der Waals surface area contributed by atoms with Crippen LogP contribution in [0.1, 0.15) is 5.56 Å². The summed E-state index contributed by atoms with van der Waals surface area (Å²) in [5.74, 6) is -0.0584. The molecule has 0 spiro atoms. The maximum Gasteiger partial charge on any atom is 0.228 e. The van der Waals surface area contributed by atoms with Crippen LogP contribution in [0.5, 0.6) is 0 Å². The molecule has 5 heteroatoms. The van der Waals surface area contributed by atoms with Crippen molar-refractivity contribution in [3.8, 4) is 5.69 Å². The summed E-state index contributed by atoms with van der Waals surface area (Å²) in [6.45, 7) is 0. The number of amides is 1. The molecule has 3 rings (SSSR count). The summed E-state index contributed by atoms with van der Waals surface area (Å²) in [6.07, 6.45) is 3.89. The standard InChI is InChI=1S/C19H20N4O/c1-22(2)18-11-7-6-10-17(18)21-19(24)12-15-13-20-23(14-15)16-8-4-3-5-9-16/h3-11,13-14H,12H2,1-2H3,(H,21,24). The van der Waals surface area contributed by atoms with E-state index in [0.29, 0.717) is 0 Å². The van der Waals surface area contributed by atoms with Crippen LogP contribution in [0.25, 0.3) is 5.69 Å². The minimum absolute atomic E-state index is 0.0584. The first-order valence-corrected chi connectivity index (χ1v) is 7.78. The van der Waals surface area contributed by atoms with Gasteiger partial charge in [0.1, 0.15) is 0 Å². The fraction of sp³-hybridized carbons (Fsp3) is 0.158. The van der Waals surface area contributed by atoms with Gasteiger partial charge in [-0.2, -0.15) is 5.10 Å². The lowest BCUT2D eigenvalue weighted by Crippen LogP contribution is -2.17. The minimum Gasteiger partial charge on any atom is -0.376 e. The Morgan fingerprint density at radius 3 is 2.54 bits per heavy atom. The Hall–Kier alpha value is -3.08. The predicted octanol–water partition coefficient (Wildman–Crippen LogP) is 3.12. The van der Waals surface area contributed by atoms with Gasteiger partial charge < -0.3 is 10.2 Å². The van der Waals surface area contributed by atoms with E-state index >= 15 is 0 Å². The van der Waals surface area contributed by atoms with Crippen molar-refractivity contribution in [1.29, 1.82) is 0 Å². The second-order valence-corrected chi connectivity index (χ2v) is 5.77. The van der Waals surface area contributed by atoms with E-state index in [0.717, 1.165) is 22.6 Å². The first-order chi connectivity index (χ1) is 11.6. The van der Waals surface area contributed by atoms with E-state index in [1.807, 2.05) is 79.8 Å². The van der Waals surface area contributed by atoms with Gasteiger partial charge >= 0.3 is 0 Å². The van der Waals surface area contributed by atoms with Crippen molar-refractivity contribution >= 4 is 17.3 Å². The molecule has 1 N–H and O–H groups in total. The molecule has 3 aromatic rings. The van der Waals surface area contributed by atoms with Crippen LogP contribution < -0.4 is 10.2 Å². The highest BCUT2D eigenvalue weighted by molar-refractivity contribution is 5.95. The van der Waals surface area contributed by atoms with Gasteiger partial charge in [-0.25, -0.2) is 4.68 Å². The van der Waals surface area contributed by atoms with Gasteiger partial charge in [0, 0.05) is 20.3 Å². The Balaban J connectivity index is 1.69. The number of nitrogens with zero attached hydrogens (tertiary/aromatic N) is 3. The summed E-state index contributed by atoms with van der Waals surface area (Å²) in [7, 11) is 3.91. The first kappa shape index (κ1) is 15.8. The van der Waals surface area contributed by atoms with Crippen LogP contribution >= 0.6 is 0 Å². The van der Waals surface area contributed by atoms with E-state index in [4.69, 9.17) is 0 Å². The van der Waals surface area contributed by atoms with Crippen molar-refractivity contribution in [2.75, 3.05) is 24.3 Å². The Morgan fingerprint density at radius 2 is 1.79 bits per heavy atom. The number of aromatic nitrogens is 2. The van der Waals surface area contributed by atoms with E-state index in [1.54, 1.807) is 10.9 Å². The molecule has 0 radical (unpaired) electrons. The molecule has 0 fully saturated rings. The summed E-state index contributed by atoms with van der Waals surface area (Å²) in [4.78, 5) is 14.3. The number of rotatable bonds is 5. The normalized spacial score (nSPS) is 10.4. The van der Waals surface area contributed by atoms with Gasteiger partial charge in [-0.05, 0) is 29.8 Å². The second-order valence-electron chi connectivity index (χ2n) is 5.77. The van der Waals surface area contributed by atoms with Crippen LogP contribution in [0.2, 0.25) is 0 Å². The zero-order chi connectivity index (χ0) is 16.9. The molecule has 0 bridgehead atoms. The number of hydrogen-bond acceptors (Lipinski definition) is 3. The summed E-state index contributed by atoms with van der Waals surface area (Å²) in [6, 6.07) is 17.6. The smallest absolute Gasteiger partial charge is 0.228 e. The van der Waals surface area contributed by atoms with Crippen molar-refractivity contribution in [2.24, 2.45) is 0 Å². The predicted molar refractivity (Wildman–Crippen MR) is 96.7 cm³/mol. The molecule has 0 saturated carbocycles. The highest BCUT2D eigenvalue weighted by atomic mass is 16.1. The maximum atomic E-state index is 12.3. The molecule has 1 heterocycles. The molecule has 0 unspecified atom stereocenters. The Labute approximate surface area is 141 Å². The van der Waals surface area contributed by atoms with E-state index < -0.39 is 0 Å². The number of benzene rings is 2. The lowest BCUT2D eigenvalue weighted by atomic mass is 10.2. The largest absolute Gasteiger partial charge is 0.376 e. The van der Waals surface area contributed by atoms with Gasteiger partial charge in [0.2, 0.25) is 5.91 Å². The zero-order valence-corrected chi connectivity index (χ0v) is 13.8. The number of nitrogens with one attached hydrogen (secondary N) is 1. The Morgan fingerprint density at radius 1 is 1.08 bits per heavy atom.